The third-order valence-corrected chi connectivity index (χ3v) is 2.95. The number of carbonyl (C=O) groups is 1. The average Bonchev–Trinajstić information content (AvgIpc) is 2.49. The molecular weight excluding hydrogens is 313 g/mol. The van der Waals surface area contributed by atoms with Crippen molar-refractivity contribution in [1.82, 2.24) is 20.3 Å². The second kappa shape index (κ2) is 6.59. The van der Waals surface area contributed by atoms with E-state index >= 15 is 0 Å². The van der Waals surface area contributed by atoms with Crippen LogP contribution in [0.3, 0.4) is 0 Å². The number of aromatic nitrogens is 3. The van der Waals surface area contributed by atoms with Crippen molar-refractivity contribution in [1.29, 1.82) is 0 Å². The van der Waals surface area contributed by atoms with E-state index in [-0.39, 0.29) is 17.1 Å². The number of halogens is 3. The number of amides is 1. The van der Waals surface area contributed by atoms with Gasteiger partial charge in [0.05, 0.1) is 6.42 Å². The lowest BCUT2D eigenvalue weighted by atomic mass is 10.1. The van der Waals surface area contributed by atoms with Crippen molar-refractivity contribution in [3.05, 3.63) is 46.0 Å². The summed E-state index contributed by atoms with van der Waals surface area (Å²) < 4.78 is 36.2. The van der Waals surface area contributed by atoms with Gasteiger partial charge in [0, 0.05) is 17.5 Å². The second-order valence-electron chi connectivity index (χ2n) is 4.76. The molecule has 0 unspecified atom stereocenters. The number of alkyl halides is 3. The summed E-state index contributed by atoms with van der Waals surface area (Å²) in [5, 5.41) is 1.71. The highest BCUT2D eigenvalue weighted by Gasteiger charge is 2.28. The third kappa shape index (κ3) is 4.63. The summed E-state index contributed by atoms with van der Waals surface area (Å²) in [5.41, 5.74) is 0.141. The van der Waals surface area contributed by atoms with Crippen LogP contribution in [0.4, 0.5) is 13.2 Å². The SMILES string of the molecule is Cc1nc(-c2ccccn2)[nH]c(=O)c1CC(=O)NCC(F)(F)F. The molecule has 9 heteroatoms. The Balaban J connectivity index is 2.18. The molecule has 0 saturated carbocycles. The lowest BCUT2D eigenvalue weighted by molar-refractivity contribution is -0.138. The van der Waals surface area contributed by atoms with Crippen molar-refractivity contribution in [2.75, 3.05) is 6.54 Å². The number of aryl methyl sites for hydroxylation is 1. The van der Waals surface area contributed by atoms with Crippen LogP contribution in [0.25, 0.3) is 11.5 Å². The maximum absolute atomic E-state index is 12.1. The number of rotatable bonds is 4. The van der Waals surface area contributed by atoms with Crippen LogP contribution in [0.1, 0.15) is 11.3 Å². The van der Waals surface area contributed by atoms with E-state index in [1.54, 1.807) is 23.5 Å². The van der Waals surface area contributed by atoms with E-state index in [0.29, 0.717) is 5.69 Å². The summed E-state index contributed by atoms with van der Waals surface area (Å²) in [6.45, 7) is 0.0658. The van der Waals surface area contributed by atoms with Crippen molar-refractivity contribution in [2.24, 2.45) is 0 Å². The molecule has 0 radical (unpaired) electrons. The van der Waals surface area contributed by atoms with Crippen LogP contribution in [0.15, 0.2) is 29.2 Å². The Hall–Kier alpha value is -2.71. The molecule has 0 aliphatic rings. The molecule has 23 heavy (non-hydrogen) atoms. The topological polar surface area (TPSA) is 87.7 Å². The molecule has 0 spiro atoms. The van der Waals surface area contributed by atoms with Crippen molar-refractivity contribution >= 4 is 5.91 Å². The molecule has 6 nitrogen and oxygen atoms in total. The Morgan fingerprint density at radius 2 is 2.09 bits per heavy atom. The van der Waals surface area contributed by atoms with E-state index in [2.05, 4.69) is 15.0 Å². The fourth-order valence-electron chi connectivity index (χ4n) is 1.86. The second-order valence-corrected chi connectivity index (χ2v) is 4.76. The van der Waals surface area contributed by atoms with Crippen LogP contribution >= 0.6 is 0 Å². The maximum Gasteiger partial charge on any atom is 0.405 e. The van der Waals surface area contributed by atoms with E-state index in [1.807, 2.05) is 0 Å². The van der Waals surface area contributed by atoms with Crippen LogP contribution in [0.2, 0.25) is 0 Å². The Morgan fingerprint density at radius 3 is 2.65 bits per heavy atom. The Labute approximate surface area is 128 Å². The minimum Gasteiger partial charge on any atom is -0.347 e. The lowest BCUT2D eigenvalue weighted by Gasteiger charge is -2.09. The fourth-order valence-corrected chi connectivity index (χ4v) is 1.86. The number of nitrogens with zero attached hydrogens (tertiary/aromatic N) is 2. The van der Waals surface area contributed by atoms with Crippen LogP contribution in [0, 0.1) is 6.92 Å². The zero-order valence-corrected chi connectivity index (χ0v) is 12.1. The van der Waals surface area contributed by atoms with E-state index in [0.717, 1.165) is 0 Å². The molecular formula is C14H13F3N4O2. The number of H-pyrrole nitrogens is 1. The summed E-state index contributed by atoms with van der Waals surface area (Å²) in [7, 11) is 0. The Kier molecular flexibility index (Phi) is 4.77. The van der Waals surface area contributed by atoms with Gasteiger partial charge in [0.15, 0.2) is 5.82 Å². The molecule has 0 bridgehead atoms. The highest BCUT2D eigenvalue weighted by atomic mass is 19.4. The van der Waals surface area contributed by atoms with Crippen LogP contribution in [-0.2, 0) is 11.2 Å². The van der Waals surface area contributed by atoms with Gasteiger partial charge in [-0.05, 0) is 19.1 Å². The smallest absolute Gasteiger partial charge is 0.347 e. The number of pyridine rings is 1. The number of aromatic amines is 1. The zero-order chi connectivity index (χ0) is 17.0. The molecule has 0 fully saturated rings. The highest BCUT2D eigenvalue weighted by Crippen LogP contribution is 2.13. The first-order valence-electron chi connectivity index (χ1n) is 6.61. The van der Waals surface area contributed by atoms with Gasteiger partial charge in [-0.25, -0.2) is 4.98 Å². The van der Waals surface area contributed by atoms with Gasteiger partial charge in [0.25, 0.3) is 5.56 Å². The first-order valence-corrected chi connectivity index (χ1v) is 6.61. The molecule has 0 atom stereocenters. The molecule has 0 aromatic carbocycles. The monoisotopic (exact) mass is 326 g/mol. The molecule has 2 rings (SSSR count). The standard InChI is InChI=1S/C14H13F3N4O2/c1-8-9(6-11(22)19-7-14(15,16)17)13(23)21-12(20-8)10-4-2-3-5-18-10/h2-5H,6-7H2,1H3,(H,19,22)(H,20,21,23). The normalized spacial score (nSPS) is 11.3. The average molecular weight is 326 g/mol. The molecule has 0 saturated heterocycles. The van der Waals surface area contributed by atoms with Crippen LogP contribution < -0.4 is 10.9 Å². The quantitative estimate of drug-likeness (QED) is 0.888. The van der Waals surface area contributed by atoms with E-state index < -0.39 is 30.6 Å². The van der Waals surface area contributed by atoms with Gasteiger partial charge in [0.1, 0.15) is 12.2 Å². The van der Waals surface area contributed by atoms with Crippen molar-refractivity contribution in [2.45, 2.75) is 19.5 Å². The lowest BCUT2D eigenvalue weighted by Crippen LogP contribution is -2.36. The molecule has 2 N–H and O–H groups in total. The molecule has 0 aliphatic carbocycles. The van der Waals surface area contributed by atoms with E-state index in [1.165, 1.54) is 13.1 Å². The van der Waals surface area contributed by atoms with Crippen LogP contribution in [0.5, 0.6) is 0 Å². The number of hydrogen-bond donors (Lipinski definition) is 2. The van der Waals surface area contributed by atoms with Gasteiger partial charge in [-0.2, -0.15) is 13.2 Å². The first kappa shape index (κ1) is 16.7. The Bertz CT molecular complexity index is 757. The molecule has 122 valence electrons. The minimum atomic E-state index is -4.50. The largest absolute Gasteiger partial charge is 0.405 e. The molecule has 2 aromatic heterocycles. The summed E-state index contributed by atoms with van der Waals surface area (Å²) in [5.74, 6) is -0.670. The number of nitrogens with one attached hydrogen (secondary N) is 2. The molecule has 0 aliphatic heterocycles. The summed E-state index contributed by atoms with van der Waals surface area (Å²) in [4.78, 5) is 34.2. The molecule has 2 aromatic rings. The predicted octanol–water partition coefficient (Wildman–Crippen LogP) is 1.36. The van der Waals surface area contributed by atoms with Crippen LogP contribution in [-0.4, -0.2) is 33.6 Å². The zero-order valence-electron chi connectivity index (χ0n) is 12.1. The number of hydrogen-bond acceptors (Lipinski definition) is 4. The van der Waals surface area contributed by atoms with Gasteiger partial charge in [-0.1, -0.05) is 6.07 Å². The van der Waals surface area contributed by atoms with Gasteiger partial charge in [-0.15, -0.1) is 0 Å². The minimum absolute atomic E-state index is 0.0179. The van der Waals surface area contributed by atoms with Crippen molar-refractivity contribution in [3.8, 4) is 11.5 Å². The highest BCUT2D eigenvalue weighted by molar-refractivity contribution is 5.78. The van der Waals surface area contributed by atoms with Gasteiger partial charge in [0.2, 0.25) is 5.91 Å². The van der Waals surface area contributed by atoms with E-state index in [9.17, 15) is 22.8 Å². The maximum atomic E-state index is 12.1. The third-order valence-electron chi connectivity index (χ3n) is 2.95. The van der Waals surface area contributed by atoms with Gasteiger partial charge >= 0.3 is 6.18 Å². The van der Waals surface area contributed by atoms with Gasteiger partial charge < -0.3 is 10.3 Å². The van der Waals surface area contributed by atoms with E-state index in [4.69, 9.17) is 0 Å². The van der Waals surface area contributed by atoms with Gasteiger partial charge in [-0.3, -0.25) is 14.6 Å². The summed E-state index contributed by atoms with van der Waals surface area (Å²) in [6.07, 6.45) is -3.45. The molecule has 1 amide bonds. The fraction of sp³-hybridized carbons (Fsp3) is 0.286. The Morgan fingerprint density at radius 1 is 1.35 bits per heavy atom. The summed E-state index contributed by atoms with van der Waals surface area (Å²) in [6, 6.07) is 5.07. The summed E-state index contributed by atoms with van der Waals surface area (Å²) >= 11 is 0. The molecule has 2 heterocycles. The number of carbonyl (C=O) groups excluding carboxylic acids is 1. The van der Waals surface area contributed by atoms with Crippen molar-refractivity contribution < 1.29 is 18.0 Å². The predicted molar refractivity (Wildman–Crippen MR) is 75.6 cm³/mol. The first-order chi connectivity index (χ1) is 10.8. The van der Waals surface area contributed by atoms with Crippen molar-refractivity contribution in [3.63, 3.8) is 0 Å².